The summed E-state index contributed by atoms with van der Waals surface area (Å²) >= 11 is 0. The lowest BCUT2D eigenvalue weighted by Gasteiger charge is -2.31. The third kappa shape index (κ3) is 9.09. The number of hydrogen-bond donors (Lipinski definition) is 0. The van der Waals surface area contributed by atoms with E-state index in [0.29, 0.717) is 5.75 Å². The second-order valence-corrected chi connectivity index (χ2v) is 6.22. The van der Waals surface area contributed by atoms with Crippen molar-refractivity contribution in [1.29, 1.82) is 0 Å². The van der Waals surface area contributed by atoms with Gasteiger partial charge in [0.05, 0.1) is 7.11 Å². The Labute approximate surface area is 169 Å². The van der Waals surface area contributed by atoms with Crippen molar-refractivity contribution < 1.29 is 42.9 Å². The molecule has 0 saturated carbocycles. The fourth-order valence-corrected chi connectivity index (χ4v) is 2.62. The quantitative estimate of drug-likeness (QED) is 0.419. The van der Waals surface area contributed by atoms with Crippen LogP contribution in [0, 0.1) is 0 Å². The molecule has 0 amide bonds. The number of methoxy groups -OCH3 is 1. The average Bonchev–Trinajstić information content (AvgIpc) is 2.62. The zero-order chi connectivity index (χ0) is 22.0. The van der Waals surface area contributed by atoms with Gasteiger partial charge in [0.25, 0.3) is 0 Å². The molecule has 29 heavy (non-hydrogen) atoms. The van der Waals surface area contributed by atoms with E-state index >= 15 is 0 Å². The molecule has 1 aromatic rings. The molecule has 0 bridgehead atoms. The largest absolute Gasteiger partial charge is 0.497 e. The second-order valence-electron chi connectivity index (χ2n) is 6.22. The Morgan fingerprint density at radius 1 is 0.759 bits per heavy atom. The maximum Gasteiger partial charge on any atom is 0.303 e. The molecule has 0 N–H and O–H groups in total. The maximum atomic E-state index is 11.7. The van der Waals surface area contributed by atoms with Crippen LogP contribution < -0.4 is 4.74 Å². The van der Waals surface area contributed by atoms with Crippen molar-refractivity contribution in [2.24, 2.45) is 0 Å². The predicted octanol–water partition coefficient (Wildman–Crippen LogP) is 1.60. The summed E-state index contributed by atoms with van der Waals surface area (Å²) in [5, 5.41) is 0. The van der Waals surface area contributed by atoms with Gasteiger partial charge in [-0.3, -0.25) is 19.2 Å². The highest BCUT2D eigenvalue weighted by atomic mass is 16.6. The molecule has 3 atom stereocenters. The molecule has 0 heterocycles. The van der Waals surface area contributed by atoms with Gasteiger partial charge in [-0.2, -0.15) is 0 Å². The van der Waals surface area contributed by atoms with Crippen LogP contribution in [0.2, 0.25) is 0 Å². The molecule has 0 aliphatic heterocycles. The van der Waals surface area contributed by atoms with Crippen LogP contribution >= 0.6 is 0 Å². The predicted molar refractivity (Wildman–Crippen MR) is 100.0 cm³/mol. The van der Waals surface area contributed by atoms with Gasteiger partial charge in [-0.05, 0) is 17.7 Å². The van der Waals surface area contributed by atoms with Gasteiger partial charge in [-0.15, -0.1) is 0 Å². The number of benzene rings is 1. The molecule has 0 aliphatic carbocycles. The van der Waals surface area contributed by atoms with Crippen LogP contribution in [-0.2, 0) is 44.5 Å². The minimum absolute atomic E-state index is 0.152. The van der Waals surface area contributed by atoms with E-state index in [1.54, 1.807) is 24.3 Å². The zero-order valence-electron chi connectivity index (χ0n) is 17.1. The molecule has 0 unspecified atom stereocenters. The number of carbonyl (C=O) groups excluding carboxylic acids is 4. The monoisotopic (exact) mass is 410 g/mol. The minimum atomic E-state index is -1.19. The van der Waals surface area contributed by atoms with Crippen LogP contribution in [0.1, 0.15) is 33.3 Å². The summed E-state index contributed by atoms with van der Waals surface area (Å²) in [6.07, 6.45) is -3.20. The number of carbonyl (C=O) groups is 4. The SMILES string of the molecule is COc1ccc(C[C@@H](OC(C)=O)[C@@H](OC(C)=O)[C@@H](COC(C)=O)OC(C)=O)cc1. The number of esters is 4. The molecule has 9 heteroatoms. The van der Waals surface area contributed by atoms with Crippen molar-refractivity contribution in [2.45, 2.75) is 52.4 Å². The van der Waals surface area contributed by atoms with Crippen LogP contribution in [0.5, 0.6) is 5.75 Å². The lowest BCUT2D eigenvalue weighted by Crippen LogP contribution is -2.48. The van der Waals surface area contributed by atoms with E-state index in [9.17, 15) is 19.2 Å². The standard InChI is InChI=1S/C20H26O9/c1-12(21)26-11-19(28-14(3)23)20(29-15(4)24)18(27-13(2)22)10-16-6-8-17(25-5)9-7-16/h6-9,18-20H,10-11H2,1-5H3/t18-,19-,20-/m1/s1. The first-order valence-corrected chi connectivity index (χ1v) is 8.90. The first kappa shape index (κ1) is 23.9. The van der Waals surface area contributed by atoms with Crippen LogP contribution in [-0.4, -0.2) is 55.9 Å². The number of rotatable bonds is 10. The van der Waals surface area contributed by atoms with Crippen molar-refractivity contribution in [1.82, 2.24) is 0 Å². The first-order chi connectivity index (χ1) is 13.6. The topological polar surface area (TPSA) is 114 Å². The zero-order valence-corrected chi connectivity index (χ0v) is 17.1. The minimum Gasteiger partial charge on any atom is -0.497 e. The lowest BCUT2D eigenvalue weighted by atomic mass is 9.99. The van der Waals surface area contributed by atoms with E-state index < -0.39 is 42.2 Å². The van der Waals surface area contributed by atoms with E-state index in [4.69, 9.17) is 23.7 Å². The summed E-state index contributed by atoms with van der Waals surface area (Å²) in [6, 6.07) is 6.97. The third-order valence-electron chi connectivity index (χ3n) is 3.72. The van der Waals surface area contributed by atoms with Crippen LogP contribution in [0.25, 0.3) is 0 Å². The van der Waals surface area contributed by atoms with Gasteiger partial charge in [0.1, 0.15) is 18.5 Å². The molecule has 0 fully saturated rings. The van der Waals surface area contributed by atoms with Crippen molar-refractivity contribution in [3.05, 3.63) is 29.8 Å². The second kappa shape index (κ2) is 11.7. The first-order valence-electron chi connectivity index (χ1n) is 8.90. The molecule has 0 spiro atoms. The Kier molecular flexibility index (Phi) is 9.64. The lowest BCUT2D eigenvalue weighted by molar-refractivity contribution is -0.189. The maximum absolute atomic E-state index is 11.7. The summed E-state index contributed by atoms with van der Waals surface area (Å²) < 4.78 is 25.9. The Morgan fingerprint density at radius 2 is 1.28 bits per heavy atom. The van der Waals surface area contributed by atoms with E-state index in [1.807, 2.05) is 0 Å². The molecule has 0 aromatic heterocycles. The molecule has 0 radical (unpaired) electrons. The fourth-order valence-electron chi connectivity index (χ4n) is 2.62. The average molecular weight is 410 g/mol. The summed E-state index contributed by atoms with van der Waals surface area (Å²) in [7, 11) is 1.53. The third-order valence-corrected chi connectivity index (χ3v) is 3.72. The molecular formula is C20H26O9. The highest BCUT2D eigenvalue weighted by molar-refractivity contribution is 5.68. The Balaban J connectivity index is 3.21. The van der Waals surface area contributed by atoms with E-state index in [1.165, 1.54) is 27.9 Å². The van der Waals surface area contributed by atoms with E-state index in [2.05, 4.69) is 0 Å². The molecule has 1 aromatic carbocycles. The molecule has 1 rings (SSSR count). The van der Waals surface area contributed by atoms with Crippen molar-refractivity contribution >= 4 is 23.9 Å². The number of ether oxygens (including phenoxy) is 5. The van der Waals surface area contributed by atoms with Gasteiger partial charge in [-0.25, -0.2) is 0 Å². The van der Waals surface area contributed by atoms with E-state index in [-0.39, 0.29) is 13.0 Å². The van der Waals surface area contributed by atoms with Gasteiger partial charge >= 0.3 is 23.9 Å². The van der Waals surface area contributed by atoms with Gasteiger partial charge in [-0.1, -0.05) is 12.1 Å². The molecular weight excluding hydrogens is 384 g/mol. The molecule has 9 nitrogen and oxygen atoms in total. The van der Waals surface area contributed by atoms with Gasteiger partial charge < -0.3 is 23.7 Å². The molecule has 0 saturated heterocycles. The van der Waals surface area contributed by atoms with Gasteiger partial charge in [0, 0.05) is 34.1 Å². The molecule has 0 aliphatic rings. The Bertz CT molecular complexity index is 711. The summed E-state index contributed by atoms with van der Waals surface area (Å²) in [6.45, 7) is 4.36. The summed E-state index contributed by atoms with van der Waals surface area (Å²) in [5.41, 5.74) is 0.753. The summed E-state index contributed by atoms with van der Waals surface area (Å²) in [4.78, 5) is 46.1. The normalized spacial score (nSPS) is 13.4. The van der Waals surface area contributed by atoms with E-state index in [0.717, 1.165) is 12.5 Å². The highest BCUT2D eigenvalue weighted by Crippen LogP contribution is 2.20. The van der Waals surface area contributed by atoms with Crippen LogP contribution in [0.15, 0.2) is 24.3 Å². The summed E-state index contributed by atoms with van der Waals surface area (Å²) in [5.74, 6) is -1.94. The smallest absolute Gasteiger partial charge is 0.303 e. The Hall–Kier alpha value is -3.10. The number of hydrogen-bond acceptors (Lipinski definition) is 9. The van der Waals surface area contributed by atoms with Gasteiger partial charge in [0.15, 0.2) is 12.2 Å². The highest BCUT2D eigenvalue weighted by Gasteiger charge is 2.38. The van der Waals surface area contributed by atoms with Crippen molar-refractivity contribution in [3.63, 3.8) is 0 Å². The van der Waals surface area contributed by atoms with Gasteiger partial charge in [0.2, 0.25) is 0 Å². The molecule has 160 valence electrons. The van der Waals surface area contributed by atoms with Crippen molar-refractivity contribution in [2.75, 3.05) is 13.7 Å². The Morgan fingerprint density at radius 3 is 1.72 bits per heavy atom. The van der Waals surface area contributed by atoms with Crippen molar-refractivity contribution in [3.8, 4) is 5.75 Å². The fraction of sp³-hybridized carbons (Fsp3) is 0.500. The van der Waals surface area contributed by atoms with Crippen LogP contribution in [0.4, 0.5) is 0 Å². The van der Waals surface area contributed by atoms with Crippen LogP contribution in [0.3, 0.4) is 0 Å².